The lowest BCUT2D eigenvalue weighted by Gasteiger charge is -2.10. The van der Waals surface area contributed by atoms with Crippen molar-refractivity contribution in [3.05, 3.63) is 54.1 Å². The average molecular weight is 365 g/mol. The zero-order valence-corrected chi connectivity index (χ0v) is 15.4. The van der Waals surface area contributed by atoms with Gasteiger partial charge >= 0.3 is 0 Å². The number of hydrogen-bond acceptors (Lipinski definition) is 3. The summed E-state index contributed by atoms with van der Waals surface area (Å²) in [5.41, 5.74) is 2.50. The Bertz CT molecular complexity index is 838. The van der Waals surface area contributed by atoms with Crippen LogP contribution in [-0.2, 0) is 9.59 Å². The van der Waals surface area contributed by atoms with Crippen LogP contribution in [0.25, 0.3) is 0 Å². The van der Waals surface area contributed by atoms with Gasteiger partial charge in [-0.1, -0.05) is 13.8 Å². The fraction of sp³-hybridized carbons (Fsp3) is 0.286. The topological polar surface area (TPSA) is 87.3 Å². The van der Waals surface area contributed by atoms with Gasteiger partial charge in [-0.3, -0.25) is 14.4 Å². The van der Waals surface area contributed by atoms with Crippen molar-refractivity contribution in [2.75, 3.05) is 16.0 Å². The SMILES string of the molecule is CC(C)C(=O)Nc1ccc(NC(=O)c2ccc(NC(=O)C3CC3)cc2)cc1. The molecule has 27 heavy (non-hydrogen) atoms. The van der Waals surface area contributed by atoms with Crippen LogP contribution in [0.4, 0.5) is 17.1 Å². The molecule has 2 aromatic rings. The molecule has 3 amide bonds. The largest absolute Gasteiger partial charge is 0.326 e. The first kappa shape index (κ1) is 18.6. The third-order valence-electron chi connectivity index (χ3n) is 4.30. The van der Waals surface area contributed by atoms with Crippen molar-refractivity contribution in [2.45, 2.75) is 26.7 Å². The van der Waals surface area contributed by atoms with Crippen LogP contribution >= 0.6 is 0 Å². The van der Waals surface area contributed by atoms with Gasteiger partial charge in [0.05, 0.1) is 0 Å². The molecule has 0 heterocycles. The van der Waals surface area contributed by atoms with Gasteiger partial charge in [0, 0.05) is 34.5 Å². The molecule has 6 heteroatoms. The van der Waals surface area contributed by atoms with Gasteiger partial charge in [0.1, 0.15) is 0 Å². The van der Waals surface area contributed by atoms with Crippen LogP contribution < -0.4 is 16.0 Å². The second-order valence-electron chi connectivity index (χ2n) is 7.02. The molecular weight excluding hydrogens is 342 g/mol. The van der Waals surface area contributed by atoms with Gasteiger partial charge in [0.25, 0.3) is 5.91 Å². The maximum absolute atomic E-state index is 12.3. The molecule has 3 rings (SSSR count). The summed E-state index contributed by atoms with van der Waals surface area (Å²) in [7, 11) is 0. The number of anilines is 3. The van der Waals surface area contributed by atoms with E-state index in [4.69, 9.17) is 0 Å². The van der Waals surface area contributed by atoms with Gasteiger partial charge in [0.2, 0.25) is 11.8 Å². The van der Waals surface area contributed by atoms with E-state index in [0.29, 0.717) is 22.6 Å². The monoisotopic (exact) mass is 365 g/mol. The predicted molar refractivity (Wildman–Crippen MR) is 106 cm³/mol. The number of carbonyl (C=O) groups is 3. The number of amides is 3. The van der Waals surface area contributed by atoms with Gasteiger partial charge in [-0.15, -0.1) is 0 Å². The predicted octanol–water partition coefficient (Wildman–Crippen LogP) is 3.88. The van der Waals surface area contributed by atoms with Gasteiger partial charge in [-0.25, -0.2) is 0 Å². The maximum Gasteiger partial charge on any atom is 0.255 e. The molecule has 1 aliphatic carbocycles. The summed E-state index contributed by atoms with van der Waals surface area (Å²) < 4.78 is 0. The first-order valence-electron chi connectivity index (χ1n) is 9.05. The third kappa shape index (κ3) is 5.17. The van der Waals surface area contributed by atoms with Crippen LogP contribution in [0.5, 0.6) is 0 Å². The van der Waals surface area contributed by atoms with Crippen LogP contribution in [0.1, 0.15) is 37.0 Å². The van der Waals surface area contributed by atoms with E-state index < -0.39 is 0 Å². The minimum absolute atomic E-state index is 0.0387. The lowest BCUT2D eigenvalue weighted by Crippen LogP contribution is -2.17. The molecule has 0 saturated heterocycles. The normalized spacial score (nSPS) is 13.1. The second kappa shape index (κ2) is 8.03. The van der Waals surface area contributed by atoms with E-state index >= 15 is 0 Å². The third-order valence-corrected chi connectivity index (χ3v) is 4.30. The smallest absolute Gasteiger partial charge is 0.255 e. The van der Waals surface area contributed by atoms with Gasteiger partial charge in [-0.2, -0.15) is 0 Å². The summed E-state index contributed by atoms with van der Waals surface area (Å²) in [5.74, 6) is -0.214. The van der Waals surface area contributed by atoms with E-state index in [1.165, 1.54) is 0 Å². The van der Waals surface area contributed by atoms with Crippen molar-refractivity contribution in [1.82, 2.24) is 0 Å². The van der Waals surface area contributed by atoms with E-state index in [2.05, 4.69) is 16.0 Å². The van der Waals surface area contributed by atoms with E-state index in [1.54, 1.807) is 48.5 Å². The Morgan fingerprint density at radius 3 is 1.78 bits per heavy atom. The lowest BCUT2D eigenvalue weighted by atomic mass is 10.1. The van der Waals surface area contributed by atoms with Crippen LogP contribution in [0, 0.1) is 11.8 Å². The Morgan fingerprint density at radius 1 is 0.778 bits per heavy atom. The Balaban J connectivity index is 1.56. The van der Waals surface area contributed by atoms with Crippen molar-refractivity contribution in [2.24, 2.45) is 11.8 Å². The van der Waals surface area contributed by atoms with Gasteiger partial charge < -0.3 is 16.0 Å². The maximum atomic E-state index is 12.3. The summed E-state index contributed by atoms with van der Waals surface area (Å²) in [5, 5.41) is 8.46. The van der Waals surface area contributed by atoms with Crippen molar-refractivity contribution >= 4 is 34.8 Å². The molecule has 6 nitrogen and oxygen atoms in total. The summed E-state index contributed by atoms with van der Waals surface area (Å²) in [6.07, 6.45) is 1.90. The van der Waals surface area contributed by atoms with E-state index in [9.17, 15) is 14.4 Å². The molecule has 140 valence electrons. The van der Waals surface area contributed by atoms with Gasteiger partial charge in [0.15, 0.2) is 0 Å². The zero-order chi connectivity index (χ0) is 19.4. The van der Waals surface area contributed by atoms with E-state index in [1.807, 2.05) is 13.8 Å². The van der Waals surface area contributed by atoms with Crippen molar-refractivity contribution in [3.63, 3.8) is 0 Å². The molecule has 1 fully saturated rings. The molecule has 1 aliphatic rings. The Hall–Kier alpha value is -3.15. The van der Waals surface area contributed by atoms with Gasteiger partial charge in [-0.05, 0) is 61.4 Å². The first-order chi connectivity index (χ1) is 12.9. The van der Waals surface area contributed by atoms with Crippen molar-refractivity contribution in [1.29, 1.82) is 0 Å². The number of hydrogen-bond donors (Lipinski definition) is 3. The van der Waals surface area contributed by atoms with Crippen LogP contribution in [-0.4, -0.2) is 17.7 Å². The molecule has 0 atom stereocenters. The van der Waals surface area contributed by atoms with Crippen LogP contribution in [0.15, 0.2) is 48.5 Å². The molecule has 2 aromatic carbocycles. The fourth-order valence-corrected chi connectivity index (χ4v) is 2.42. The Morgan fingerprint density at radius 2 is 1.26 bits per heavy atom. The Labute approximate surface area is 158 Å². The molecule has 0 bridgehead atoms. The second-order valence-corrected chi connectivity index (χ2v) is 7.02. The quantitative estimate of drug-likeness (QED) is 0.726. The lowest BCUT2D eigenvalue weighted by molar-refractivity contribution is -0.119. The number of rotatable bonds is 6. The first-order valence-corrected chi connectivity index (χ1v) is 9.05. The summed E-state index contributed by atoms with van der Waals surface area (Å²) >= 11 is 0. The fourth-order valence-electron chi connectivity index (χ4n) is 2.42. The van der Waals surface area contributed by atoms with Crippen molar-refractivity contribution in [3.8, 4) is 0 Å². The van der Waals surface area contributed by atoms with E-state index in [-0.39, 0.29) is 29.6 Å². The number of nitrogens with one attached hydrogen (secondary N) is 3. The average Bonchev–Trinajstić information content (AvgIpc) is 3.49. The highest BCUT2D eigenvalue weighted by Crippen LogP contribution is 2.30. The van der Waals surface area contributed by atoms with Crippen LogP contribution in [0.3, 0.4) is 0 Å². The Kier molecular flexibility index (Phi) is 5.54. The minimum Gasteiger partial charge on any atom is -0.326 e. The highest BCUT2D eigenvalue weighted by atomic mass is 16.2. The molecule has 0 spiro atoms. The summed E-state index contributed by atoms with van der Waals surface area (Å²) in [4.78, 5) is 35.8. The highest BCUT2D eigenvalue weighted by Gasteiger charge is 2.29. The van der Waals surface area contributed by atoms with Crippen LogP contribution in [0.2, 0.25) is 0 Å². The number of benzene rings is 2. The zero-order valence-electron chi connectivity index (χ0n) is 15.4. The molecular formula is C21H23N3O3. The molecule has 0 aromatic heterocycles. The summed E-state index contributed by atoms with van der Waals surface area (Å²) in [6.45, 7) is 3.65. The molecule has 3 N–H and O–H groups in total. The van der Waals surface area contributed by atoms with Crippen molar-refractivity contribution < 1.29 is 14.4 Å². The highest BCUT2D eigenvalue weighted by molar-refractivity contribution is 6.05. The minimum atomic E-state index is -0.242. The summed E-state index contributed by atoms with van der Waals surface area (Å²) in [6, 6.07) is 13.7. The molecule has 0 unspecified atom stereocenters. The van der Waals surface area contributed by atoms with E-state index in [0.717, 1.165) is 12.8 Å². The standard InChI is InChI=1S/C21H23N3O3/c1-13(2)19(25)22-17-9-11-18(12-10-17)24-21(27)15-5-7-16(8-6-15)23-20(26)14-3-4-14/h5-14H,3-4H2,1-2H3,(H,22,25)(H,23,26)(H,24,27). The number of carbonyl (C=O) groups excluding carboxylic acids is 3. The molecule has 0 aliphatic heterocycles. The molecule has 0 radical (unpaired) electrons. The molecule has 1 saturated carbocycles.